The Morgan fingerprint density at radius 1 is 1.26 bits per heavy atom. The van der Waals surface area contributed by atoms with Crippen molar-refractivity contribution in [3.05, 3.63) is 55.1 Å². The molecule has 0 aromatic carbocycles. The molecule has 4 rings (SSSR count). The van der Waals surface area contributed by atoms with Crippen LogP contribution in [-0.2, 0) is 4.79 Å². The number of pyridine rings is 1. The first-order valence-electron chi connectivity index (χ1n) is 8.82. The number of nitrogens with zero attached hydrogens (tertiary/aromatic N) is 4. The Balaban J connectivity index is 1.31. The average Bonchev–Trinajstić information content (AvgIpc) is 3.40. The highest BCUT2D eigenvalue weighted by Gasteiger charge is 2.25. The molecule has 1 amide bonds. The largest absolute Gasteiger partial charge is 0.360 e. The summed E-state index contributed by atoms with van der Waals surface area (Å²) in [5.74, 6) is 1.15. The van der Waals surface area contributed by atoms with Gasteiger partial charge >= 0.3 is 0 Å². The summed E-state index contributed by atoms with van der Waals surface area (Å²) in [6.45, 7) is 1.55. The molecule has 3 aromatic rings. The number of carbonyl (C=O) groups excluding carboxylic acids is 1. The first-order valence-corrected chi connectivity index (χ1v) is 9.80. The van der Waals surface area contributed by atoms with Gasteiger partial charge in [-0.25, -0.2) is 9.97 Å². The predicted octanol–water partition coefficient (Wildman–Crippen LogP) is 2.35. The van der Waals surface area contributed by atoms with Crippen LogP contribution in [0, 0.1) is 0 Å². The second kappa shape index (κ2) is 8.22. The molecule has 1 aliphatic rings. The first kappa shape index (κ1) is 17.5. The zero-order chi connectivity index (χ0) is 18.5. The predicted molar refractivity (Wildman–Crippen MR) is 106 cm³/mol. The van der Waals surface area contributed by atoms with Crippen LogP contribution >= 0.6 is 11.8 Å². The lowest BCUT2D eigenvalue weighted by atomic mass is 10.2. The van der Waals surface area contributed by atoms with Gasteiger partial charge < -0.3 is 15.2 Å². The van der Waals surface area contributed by atoms with Crippen LogP contribution in [0.25, 0.3) is 11.4 Å². The summed E-state index contributed by atoms with van der Waals surface area (Å²) in [7, 11) is 0. The van der Waals surface area contributed by atoms with E-state index in [1.807, 2.05) is 36.5 Å². The molecule has 7 nitrogen and oxygen atoms in total. The summed E-state index contributed by atoms with van der Waals surface area (Å²) in [4.78, 5) is 31.6. The molecule has 1 atom stereocenters. The number of hydrogen-bond acceptors (Lipinski definition) is 6. The highest BCUT2D eigenvalue weighted by Crippen LogP contribution is 2.21. The molecule has 0 bridgehead atoms. The molecule has 27 heavy (non-hydrogen) atoms. The van der Waals surface area contributed by atoms with Crippen LogP contribution in [0.4, 0.5) is 5.95 Å². The van der Waals surface area contributed by atoms with Crippen molar-refractivity contribution in [1.82, 2.24) is 25.3 Å². The Morgan fingerprint density at radius 2 is 2.15 bits per heavy atom. The molecule has 1 unspecified atom stereocenters. The van der Waals surface area contributed by atoms with E-state index in [0.29, 0.717) is 11.7 Å². The number of thioether (sulfide) groups is 1. The van der Waals surface area contributed by atoms with Crippen molar-refractivity contribution >= 4 is 23.6 Å². The Labute approximate surface area is 161 Å². The van der Waals surface area contributed by atoms with Crippen LogP contribution < -0.4 is 10.2 Å². The fourth-order valence-corrected chi connectivity index (χ4v) is 3.75. The maximum Gasteiger partial charge on any atom is 0.230 e. The van der Waals surface area contributed by atoms with Gasteiger partial charge in [0.15, 0.2) is 0 Å². The number of anilines is 1. The van der Waals surface area contributed by atoms with Crippen LogP contribution in [0.1, 0.15) is 6.42 Å². The third kappa shape index (κ3) is 4.46. The normalized spacial score (nSPS) is 16.4. The molecule has 0 aliphatic carbocycles. The molecule has 2 N–H and O–H groups in total. The zero-order valence-electron chi connectivity index (χ0n) is 14.7. The van der Waals surface area contributed by atoms with Gasteiger partial charge in [0.05, 0.1) is 17.1 Å². The van der Waals surface area contributed by atoms with Gasteiger partial charge in [0.1, 0.15) is 0 Å². The molecule has 0 saturated carbocycles. The lowest BCUT2D eigenvalue weighted by molar-refractivity contribution is -0.119. The molecule has 0 radical (unpaired) electrons. The number of carbonyl (C=O) groups is 1. The Kier molecular flexibility index (Phi) is 5.34. The van der Waals surface area contributed by atoms with Crippen molar-refractivity contribution in [2.75, 3.05) is 23.7 Å². The van der Waals surface area contributed by atoms with Crippen LogP contribution in [0.15, 0.2) is 60.0 Å². The van der Waals surface area contributed by atoms with E-state index in [1.54, 1.807) is 18.6 Å². The number of aromatic nitrogens is 4. The molecule has 1 aliphatic heterocycles. The molecule has 138 valence electrons. The topological polar surface area (TPSA) is 86.8 Å². The Hall–Kier alpha value is -2.87. The third-order valence-electron chi connectivity index (χ3n) is 4.37. The van der Waals surface area contributed by atoms with Crippen LogP contribution in [-0.4, -0.2) is 50.7 Å². The molecule has 3 aromatic heterocycles. The Morgan fingerprint density at radius 3 is 2.96 bits per heavy atom. The zero-order valence-corrected chi connectivity index (χ0v) is 15.5. The van der Waals surface area contributed by atoms with E-state index in [4.69, 9.17) is 0 Å². The second-order valence-electron chi connectivity index (χ2n) is 6.30. The number of aromatic amines is 1. The molecule has 1 saturated heterocycles. The lowest BCUT2D eigenvalue weighted by Gasteiger charge is -2.17. The van der Waals surface area contributed by atoms with E-state index in [2.05, 4.69) is 30.2 Å². The van der Waals surface area contributed by atoms with Gasteiger partial charge in [-0.3, -0.25) is 9.78 Å². The molecular weight excluding hydrogens is 360 g/mol. The lowest BCUT2D eigenvalue weighted by Crippen LogP contribution is -2.38. The van der Waals surface area contributed by atoms with Gasteiger partial charge in [-0.05, 0) is 36.8 Å². The SMILES string of the molecule is O=C(CSc1ccncc1)NC1CCN(c2nccc(-c3ccc[nH]3)n2)C1. The number of hydrogen-bond donors (Lipinski definition) is 2. The van der Waals surface area contributed by atoms with Crippen LogP contribution in [0.3, 0.4) is 0 Å². The van der Waals surface area contributed by atoms with Gasteiger partial charge in [0.25, 0.3) is 0 Å². The fraction of sp³-hybridized carbons (Fsp3) is 0.263. The van der Waals surface area contributed by atoms with Crippen molar-refractivity contribution in [2.24, 2.45) is 0 Å². The summed E-state index contributed by atoms with van der Waals surface area (Å²) < 4.78 is 0. The van der Waals surface area contributed by atoms with Crippen molar-refractivity contribution in [1.29, 1.82) is 0 Å². The third-order valence-corrected chi connectivity index (χ3v) is 5.38. The van der Waals surface area contributed by atoms with E-state index in [-0.39, 0.29) is 11.9 Å². The highest BCUT2D eigenvalue weighted by atomic mass is 32.2. The summed E-state index contributed by atoms with van der Waals surface area (Å²) in [6, 6.07) is 9.75. The van der Waals surface area contributed by atoms with Gasteiger partial charge in [-0.1, -0.05) is 0 Å². The number of amides is 1. The van der Waals surface area contributed by atoms with E-state index >= 15 is 0 Å². The summed E-state index contributed by atoms with van der Waals surface area (Å²) in [6.07, 6.45) is 8.01. The van der Waals surface area contributed by atoms with Crippen molar-refractivity contribution in [2.45, 2.75) is 17.4 Å². The quantitative estimate of drug-likeness (QED) is 0.639. The average molecular weight is 380 g/mol. The van der Waals surface area contributed by atoms with Crippen molar-refractivity contribution < 1.29 is 4.79 Å². The maximum absolute atomic E-state index is 12.2. The molecule has 8 heteroatoms. The Bertz CT molecular complexity index is 886. The van der Waals surface area contributed by atoms with Crippen molar-refractivity contribution in [3.63, 3.8) is 0 Å². The van der Waals surface area contributed by atoms with E-state index < -0.39 is 0 Å². The second-order valence-corrected chi connectivity index (χ2v) is 7.35. The maximum atomic E-state index is 12.2. The number of nitrogens with one attached hydrogen (secondary N) is 2. The van der Waals surface area contributed by atoms with Crippen LogP contribution in [0.5, 0.6) is 0 Å². The molecule has 1 fully saturated rings. The number of rotatable bonds is 6. The molecule has 4 heterocycles. The first-order chi connectivity index (χ1) is 13.3. The van der Waals surface area contributed by atoms with Crippen molar-refractivity contribution in [3.8, 4) is 11.4 Å². The van der Waals surface area contributed by atoms with Gasteiger partial charge in [-0.15, -0.1) is 11.8 Å². The number of H-pyrrole nitrogens is 1. The minimum absolute atomic E-state index is 0.0460. The molecular formula is C19H20N6OS. The van der Waals surface area contributed by atoms with E-state index in [1.165, 1.54) is 11.8 Å². The van der Waals surface area contributed by atoms with Gasteiger partial charge in [-0.2, -0.15) is 0 Å². The minimum atomic E-state index is 0.0460. The minimum Gasteiger partial charge on any atom is -0.360 e. The van der Waals surface area contributed by atoms with E-state index in [9.17, 15) is 4.79 Å². The summed E-state index contributed by atoms with van der Waals surface area (Å²) in [5, 5.41) is 3.11. The smallest absolute Gasteiger partial charge is 0.230 e. The van der Waals surface area contributed by atoms with Gasteiger partial charge in [0, 0.05) is 48.8 Å². The molecule has 0 spiro atoms. The highest BCUT2D eigenvalue weighted by molar-refractivity contribution is 8.00. The fourth-order valence-electron chi connectivity index (χ4n) is 3.05. The summed E-state index contributed by atoms with van der Waals surface area (Å²) in [5.41, 5.74) is 1.84. The monoisotopic (exact) mass is 380 g/mol. The van der Waals surface area contributed by atoms with Gasteiger partial charge in [0.2, 0.25) is 11.9 Å². The van der Waals surface area contributed by atoms with E-state index in [0.717, 1.165) is 35.8 Å². The van der Waals surface area contributed by atoms with Crippen LogP contribution in [0.2, 0.25) is 0 Å². The standard InChI is InChI=1S/C19H20N6OS/c26-18(13-27-15-3-8-20-9-4-15)23-14-6-11-25(12-14)19-22-10-5-17(24-19)16-2-1-7-21-16/h1-5,7-10,14,21H,6,11-13H2,(H,23,26). The summed E-state index contributed by atoms with van der Waals surface area (Å²) >= 11 is 1.52.